The molecular formula is C14H17N3O2S. The summed E-state index contributed by atoms with van der Waals surface area (Å²) in [5.41, 5.74) is 7.00. The fraction of sp³-hybridized carbons (Fsp3) is 0.286. The fourth-order valence-electron chi connectivity index (χ4n) is 2.01. The smallest absolute Gasteiger partial charge is 0.252 e. The van der Waals surface area contributed by atoms with Gasteiger partial charge in [0.15, 0.2) is 4.77 Å². The molecule has 0 spiro atoms. The zero-order chi connectivity index (χ0) is 14.5. The van der Waals surface area contributed by atoms with Crippen LogP contribution in [0.5, 0.6) is 5.75 Å². The van der Waals surface area contributed by atoms with Crippen LogP contribution in [-0.4, -0.2) is 23.2 Å². The summed E-state index contributed by atoms with van der Waals surface area (Å²) in [6.07, 6.45) is 0.789. The molecular weight excluding hydrogens is 274 g/mol. The normalized spacial score (nSPS) is 10.5. The minimum atomic E-state index is -0.211. The molecule has 0 atom stereocenters. The Kier molecular flexibility index (Phi) is 4.70. The molecule has 0 unspecified atom stereocenters. The van der Waals surface area contributed by atoms with E-state index in [2.05, 4.69) is 4.98 Å². The number of ether oxygens (including phenoxy) is 1. The van der Waals surface area contributed by atoms with Gasteiger partial charge in [0, 0.05) is 18.2 Å². The number of hydrogen-bond acceptors (Lipinski definition) is 4. The summed E-state index contributed by atoms with van der Waals surface area (Å²) in [5, 5.41) is 0. The van der Waals surface area contributed by atoms with E-state index in [1.807, 2.05) is 28.8 Å². The molecule has 0 radical (unpaired) electrons. The lowest BCUT2D eigenvalue weighted by atomic mass is 10.1. The highest BCUT2D eigenvalue weighted by atomic mass is 32.1. The average molecular weight is 291 g/mol. The highest BCUT2D eigenvalue weighted by molar-refractivity contribution is 7.71. The number of methoxy groups -OCH3 is 1. The van der Waals surface area contributed by atoms with Crippen molar-refractivity contribution >= 4 is 12.2 Å². The van der Waals surface area contributed by atoms with E-state index in [0.29, 0.717) is 17.9 Å². The van der Waals surface area contributed by atoms with Crippen LogP contribution in [0.3, 0.4) is 0 Å². The van der Waals surface area contributed by atoms with Gasteiger partial charge in [0.2, 0.25) is 0 Å². The van der Waals surface area contributed by atoms with Gasteiger partial charge in [0.05, 0.1) is 12.8 Å². The minimum absolute atomic E-state index is 0.211. The Bertz CT molecular complexity index is 706. The first-order chi connectivity index (χ1) is 9.65. The second-order valence-electron chi connectivity index (χ2n) is 4.35. The third-order valence-corrected chi connectivity index (χ3v) is 3.31. The zero-order valence-corrected chi connectivity index (χ0v) is 12.1. The van der Waals surface area contributed by atoms with Crippen LogP contribution in [0.2, 0.25) is 0 Å². The highest BCUT2D eigenvalue weighted by Gasteiger charge is 2.07. The second kappa shape index (κ2) is 6.49. The molecule has 20 heavy (non-hydrogen) atoms. The molecule has 0 saturated carbocycles. The van der Waals surface area contributed by atoms with Gasteiger partial charge in [-0.2, -0.15) is 0 Å². The SMILES string of the molecule is COc1cccc(-c2cc(=O)[nH]c(=S)n2CCCN)c1. The average Bonchev–Trinajstić information content (AvgIpc) is 2.45. The molecule has 3 N–H and O–H groups in total. The molecule has 0 aliphatic rings. The van der Waals surface area contributed by atoms with E-state index in [1.54, 1.807) is 13.2 Å². The number of hydrogen-bond donors (Lipinski definition) is 2. The monoisotopic (exact) mass is 291 g/mol. The predicted molar refractivity (Wildman–Crippen MR) is 81.5 cm³/mol. The van der Waals surface area contributed by atoms with E-state index in [9.17, 15) is 4.79 Å². The summed E-state index contributed by atoms with van der Waals surface area (Å²) in [4.78, 5) is 14.3. The van der Waals surface area contributed by atoms with Gasteiger partial charge in [-0.1, -0.05) is 12.1 Å². The minimum Gasteiger partial charge on any atom is -0.497 e. The van der Waals surface area contributed by atoms with Gasteiger partial charge in [-0.3, -0.25) is 9.78 Å². The maximum absolute atomic E-state index is 11.7. The van der Waals surface area contributed by atoms with E-state index in [-0.39, 0.29) is 5.56 Å². The van der Waals surface area contributed by atoms with Crippen LogP contribution in [0.1, 0.15) is 6.42 Å². The Morgan fingerprint density at radius 2 is 2.20 bits per heavy atom. The number of H-pyrrole nitrogens is 1. The first kappa shape index (κ1) is 14.5. The molecule has 1 aromatic carbocycles. The molecule has 2 aromatic rings. The van der Waals surface area contributed by atoms with Crippen LogP contribution in [-0.2, 0) is 6.54 Å². The van der Waals surface area contributed by atoms with Crippen molar-refractivity contribution in [3.8, 4) is 17.0 Å². The van der Waals surface area contributed by atoms with Crippen molar-refractivity contribution < 1.29 is 4.74 Å². The Morgan fingerprint density at radius 1 is 1.40 bits per heavy atom. The van der Waals surface area contributed by atoms with Crippen LogP contribution >= 0.6 is 12.2 Å². The third kappa shape index (κ3) is 3.15. The second-order valence-corrected chi connectivity index (χ2v) is 4.74. The van der Waals surface area contributed by atoms with Crippen LogP contribution in [0, 0.1) is 4.77 Å². The summed E-state index contributed by atoms with van der Waals surface area (Å²) in [7, 11) is 1.61. The van der Waals surface area contributed by atoms with Gasteiger partial charge in [0.1, 0.15) is 5.75 Å². The topological polar surface area (TPSA) is 73.0 Å². The standard InChI is InChI=1S/C14H17N3O2S/c1-19-11-5-2-4-10(8-11)12-9-13(18)16-14(20)17(12)7-3-6-15/h2,4-5,8-9H,3,6-7,15H2,1H3,(H,16,18,20). The van der Waals surface area contributed by atoms with Crippen LogP contribution in [0.15, 0.2) is 35.1 Å². The predicted octanol–water partition coefficient (Wildman–Crippen LogP) is 1.93. The zero-order valence-electron chi connectivity index (χ0n) is 11.3. The van der Waals surface area contributed by atoms with Gasteiger partial charge in [-0.15, -0.1) is 0 Å². The number of nitrogens with one attached hydrogen (secondary N) is 1. The maximum atomic E-state index is 11.7. The van der Waals surface area contributed by atoms with Crippen molar-refractivity contribution in [3.63, 3.8) is 0 Å². The van der Waals surface area contributed by atoms with Crippen molar-refractivity contribution in [3.05, 3.63) is 45.5 Å². The summed E-state index contributed by atoms with van der Waals surface area (Å²) >= 11 is 5.24. The molecule has 106 valence electrons. The molecule has 1 aromatic heterocycles. The van der Waals surface area contributed by atoms with Gasteiger partial charge in [0.25, 0.3) is 5.56 Å². The number of aromatic amines is 1. The first-order valence-electron chi connectivity index (χ1n) is 6.34. The van der Waals surface area contributed by atoms with Crippen molar-refractivity contribution in [1.82, 2.24) is 9.55 Å². The largest absolute Gasteiger partial charge is 0.497 e. The molecule has 0 aliphatic carbocycles. The van der Waals surface area contributed by atoms with Gasteiger partial charge < -0.3 is 15.0 Å². The van der Waals surface area contributed by atoms with Crippen molar-refractivity contribution in [2.45, 2.75) is 13.0 Å². The van der Waals surface area contributed by atoms with Gasteiger partial charge >= 0.3 is 0 Å². The summed E-state index contributed by atoms with van der Waals surface area (Å²) < 4.78 is 7.51. The molecule has 0 aliphatic heterocycles. The van der Waals surface area contributed by atoms with Crippen molar-refractivity contribution in [2.24, 2.45) is 5.73 Å². The number of nitrogens with two attached hydrogens (primary N) is 1. The molecule has 6 heteroatoms. The van der Waals surface area contributed by atoms with E-state index < -0.39 is 0 Å². The van der Waals surface area contributed by atoms with Crippen LogP contribution in [0.4, 0.5) is 0 Å². The molecule has 2 rings (SSSR count). The Hall–Kier alpha value is -1.92. The van der Waals surface area contributed by atoms with E-state index in [4.69, 9.17) is 22.7 Å². The van der Waals surface area contributed by atoms with E-state index >= 15 is 0 Å². The Morgan fingerprint density at radius 3 is 2.90 bits per heavy atom. The Balaban J connectivity index is 2.58. The van der Waals surface area contributed by atoms with Crippen molar-refractivity contribution in [2.75, 3.05) is 13.7 Å². The van der Waals surface area contributed by atoms with Crippen molar-refractivity contribution in [1.29, 1.82) is 0 Å². The molecule has 0 amide bonds. The molecule has 0 fully saturated rings. The number of aromatic nitrogens is 2. The third-order valence-electron chi connectivity index (χ3n) is 2.99. The lowest BCUT2D eigenvalue weighted by molar-refractivity contribution is 0.415. The molecule has 0 saturated heterocycles. The molecule has 0 bridgehead atoms. The van der Waals surface area contributed by atoms with Gasteiger partial charge in [-0.25, -0.2) is 0 Å². The van der Waals surface area contributed by atoms with Crippen LogP contribution in [0.25, 0.3) is 11.3 Å². The maximum Gasteiger partial charge on any atom is 0.252 e. The first-order valence-corrected chi connectivity index (χ1v) is 6.75. The highest BCUT2D eigenvalue weighted by Crippen LogP contribution is 2.23. The van der Waals surface area contributed by atoms with E-state index in [0.717, 1.165) is 23.4 Å². The lowest BCUT2D eigenvalue weighted by Crippen LogP contribution is -2.16. The lowest BCUT2D eigenvalue weighted by Gasteiger charge is -2.13. The number of nitrogens with zero attached hydrogens (tertiary/aromatic N) is 1. The Labute approximate surface area is 122 Å². The quantitative estimate of drug-likeness (QED) is 0.826. The number of rotatable bonds is 5. The summed E-state index contributed by atoms with van der Waals surface area (Å²) in [6.45, 7) is 1.23. The fourth-order valence-corrected chi connectivity index (χ4v) is 2.30. The number of benzene rings is 1. The van der Waals surface area contributed by atoms with Gasteiger partial charge in [-0.05, 0) is 37.3 Å². The molecule has 1 heterocycles. The van der Waals surface area contributed by atoms with Crippen LogP contribution < -0.4 is 16.0 Å². The van der Waals surface area contributed by atoms with E-state index in [1.165, 1.54) is 0 Å². The summed E-state index contributed by atoms with van der Waals surface area (Å²) in [5.74, 6) is 0.735. The molecule has 5 nitrogen and oxygen atoms in total. The summed E-state index contributed by atoms with van der Waals surface area (Å²) in [6, 6.07) is 9.08.